The smallest absolute Gasteiger partial charge is 0.122 e. The third-order valence-electron chi connectivity index (χ3n) is 2.71. The van der Waals surface area contributed by atoms with Crippen LogP contribution in [0.2, 0.25) is 0 Å². The lowest BCUT2D eigenvalue weighted by molar-refractivity contribution is 0.414. The monoisotopic (exact) mass is 229 g/mol. The fraction of sp³-hybridized carbons (Fsp3) is 0.154. The highest BCUT2D eigenvalue weighted by Gasteiger charge is 2.08. The van der Waals surface area contributed by atoms with E-state index < -0.39 is 0 Å². The number of benzene rings is 1. The maximum Gasteiger partial charge on any atom is 0.122 e. The van der Waals surface area contributed by atoms with Crippen LogP contribution in [-0.4, -0.2) is 12.1 Å². The van der Waals surface area contributed by atoms with E-state index in [2.05, 4.69) is 4.98 Å². The number of hydrogen-bond donors (Lipinski definition) is 2. The molecular formula is C13H15N3O. The normalized spacial score (nSPS) is 10.2. The molecule has 17 heavy (non-hydrogen) atoms. The summed E-state index contributed by atoms with van der Waals surface area (Å²) in [6, 6.07) is 7.28. The molecule has 4 nitrogen and oxygen atoms in total. The van der Waals surface area contributed by atoms with Gasteiger partial charge in [-0.05, 0) is 30.7 Å². The van der Waals surface area contributed by atoms with E-state index in [4.69, 9.17) is 16.2 Å². The topological polar surface area (TPSA) is 74.2 Å². The summed E-state index contributed by atoms with van der Waals surface area (Å²) < 4.78 is 5.17. The number of ether oxygens (including phenoxy) is 1. The van der Waals surface area contributed by atoms with Crippen molar-refractivity contribution in [3.63, 3.8) is 0 Å². The molecule has 0 amide bonds. The number of hydrogen-bond acceptors (Lipinski definition) is 4. The summed E-state index contributed by atoms with van der Waals surface area (Å²) in [6.07, 6.45) is 1.70. The number of rotatable bonds is 2. The molecule has 0 atom stereocenters. The van der Waals surface area contributed by atoms with E-state index in [-0.39, 0.29) is 0 Å². The van der Waals surface area contributed by atoms with Crippen LogP contribution in [0.1, 0.15) is 5.56 Å². The molecule has 2 aromatic rings. The van der Waals surface area contributed by atoms with Crippen molar-refractivity contribution in [3.8, 4) is 17.0 Å². The van der Waals surface area contributed by atoms with Crippen LogP contribution in [0.25, 0.3) is 11.3 Å². The minimum Gasteiger partial charge on any atom is -0.497 e. The van der Waals surface area contributed by atoms with Gasteiger partial charge in [0.15, 0.2) is 0 Å². The minimum atomic E-state index is 0.632. The van der Waals surface area contributed by atoms with Gasteiger partial charge in [0.05, 0.1) is 12.8 Å². The Hall–Kier alpha value is -2.23. The fourth-order valence-corrected chi connectivity index (χ4v) is 1.71. The first-order chi connectivity index (χ1) is 8.11. The molecule has 1 aromatic heterocycles. The first-order valence-corrected chi connectivity index (χ1v) is 5.28. The van der Waals surface area contributed by atoms with Crippen molar-refractivity contribution < 1.29 is 4.74 Å². The molecule has 0 bridgehead atoms. The van der Waals surface area contributed by atoms with E-state index in [1.54, 1.807) is 25.4 Å². The van der Waals surface area contributed by atoms with Gasteiger partial charge in [0.25, 0.3) is 0 Å². The molecular weight excluding hydrogens is 214 g/mol. The van der Waals surface area contributed by atoms with Crippen molar-refractivity contribution >= 4 is 11.4 Å². The van der Waals surface area contributed by atoms with Crippen molar-refractivity contribution in [1.82, 2.24) is 4.98 Å². The third-order valence-corrected chi connectivity index (χ3v) is 2.71. The Bertz CT molecular complexity index is 552. The molecule has 88 valence electrons. The standard InChI is InChI=1S/C13H15N3O/c1-8-11(5-9(14)6-12(8)15)13-7-10(17-2)3-4-16-13/h3-7H,14-15H2,1-2H3. The maximum absolute atomic E-state index is 5.89. The number of nitrogens with two attached hydrogens (primary N) is 2. The van der Waals surface area contributed by atoms with Crippen LogP contribution in [0.4, 0.5) is 11.4 Å². The molecule has 1 heterocycles. The van der Waals surface area contributed by atoms with Crippen LogP contribution in [-0.2, 0) is 0 Å². The predicted molar refractivity (Wildman–Crippen MR) is 69.8 cm³/mol. The van der Waals surface area contributed by atoms with Crippen LogP contribution in [0.15, 0.2) is 30.5 Å². The van der Waals surface area contributed by atoms with Gasteiger partial charge in [0.2, 0.25) is 0 Å². The van der Waals surface area contributed by atoms with Crippen molar-refractivity contribution in [3.05, 3.63) is 36.0 Å². The fourth-order valence-electron chi connectivity index (χ4n) is 1.71. The Morgan fingerprint density at radius 1 is 1.18 bits per heavy atom. The van der Waals surface area contributed by atoms with Gasteiger partial charge in [-0.15, -0.1) is 0 Å². The Morgan fingerprint density at radius 3 is 2.65 bits per heavy atom. The average molecular weight is 229 g/mol. The van der Waals surface area contributed by atoms with Crippen LogP contribution < -0.4 is 16.2 Å². The maximum atomic E-state index is 5.89. The van der Waals surface area contributed by atoms with Crippen molar-refractivity contribution in [1.29, 1.82) is 0 Å². The Morgan fingerprint density at radius 2 is 1.94 bits per heavy atom. The van der Waals surface area contributed by atoms with Gasteiger partial charge in [0.1, 0.15) is 5.75 Å². The lowest BCUT2D eigenvalue weighted by atomic mass is 10.0. The second-order valence-corrected chi connectivity index (χ2v) is 3.86. The van der Waals surface area contributed by atoms with Gasteiger partial charge in [-0.25, -0.2) is 0 Å². The SMILES string of the molecule is COc1ccnc(-c2cc(N)cc(N)c2C)c1. The molecule has 0 aliphatic heterocycles. The summed E-state index contributed by atoms with van der Waals surface area (Å²) in [6.45, 7) is 1.95. The number of pyridine rings is 1. The Kier molecular flexibility index (Phi) is 2.87. The van der Waals surface area contributed by atoms with Crippen molar-refractivity contribution in [2.75, 3.05) is 18.6 Å². The highest BCUT2D eigenvalue weighted by Crippen LogP contribution is 2.30. The van der Waals surface area contributed by atoms with E-state index in [1.807, 2.05) is 19.1 Å². The molecule has 0 radical (unpaired) electrons. The molecule has 4 heteroatoms. The summed E-state index contributed by atoms with van der Waals surface area (Å²) in [5.41, 5.74) is 15.7. The number of aromatic nitrogens is 1. The van der Waals surface area contributed by atoms with E-state index in [9.17, 15) is 0 Å². The lowest BCUT2D eigenvalue weighted by Crippen LogP contribution is -1.97. The number of nitrogen functional groups attached to an aromatic ring is 2. The Balaban J connectivity index is 2.59. The molecule has 0 aliphatic carbocycles. The molecule has 0 unspecified atom stereocenters. The summed E-state index contributed by atoms with van der Waals surface area (Å²) in [5, 5.41) is 0. The number of anilines is 2. The van der Waals surface area contributed by atoms with Crippen molar-refractivity contribution in [2.45, 2.75) is 6.92 Å². The van der Waals surface area contributed by atoms with E-state index in [0.29, 0.717) is 11.4 Å². The van der Waals surface area contributed by atoms with Gasteiger partial charge >= 0.3 is 0 Å². The zero-order valence-electron chi connectivity index (χ0n) is 9.90. The van der Waals surface area contributed by atoms with Gasteiger partial charge in [-0.3, -0.25) is 4.98 Å². The summed E-state index contributed by atoms with van der Waals surface area (Å²) in [4.78, 5) is 4.31. The quantitative estimate of drug-likeness (QED) is 0.774. The number of methoxy groups -OCH3 is 1. The first kappa shape index (κ1) is 11.3. The summed E-state index contributed by atoms with van der Waals surface area (Å²) in [5.74, 6) is 0.760. The summed E-state index contributed by atoms with van der Waals surface area (Å²) >= 11 is 0. The van der Waals surface area contributed by atoms with Gasteiger partial charge in [-0.1, -0.05) is 0 Å². The predicted octanol–water partition coefficient (Wildman–Crippen LogP) is 2.23. The van der Waals surface area contributed by atoms with Gasteiger partial charge < -0.3 is 16.2 Å². The second kappa shape index (κ2) is 4.33. The first-order valence-electron chi connectivity index (χ1n) is 5.28. The lowest BCUT2D eigenvalue weighted by Gasteiger charge is -2.10. The molecule has 0 spiro atoms. The van der Waals surface area contributed by atoms with Crippen molar-refractivity contribution in [2.24, 2.45) is 0 Å². The minimum absolute atomic E-state index is 0.632. The highest BCUT2D eigenvalue weighted by atomic mass is 16.5. The van der Waals surface area contributed by atoms with E-state index >= 15 is 0 Å². The number of nitrogens with zero attached hydrogens (tertiary/aromatic N) is 1. The molecule has 0 aliphatic rings. The van der Waals surface area contributed by atoms with Crippen LogP contribution in [0.3, 0.4) is 0 Å². The van der Waals surface area contributed by atoms with Crippen LogP contribution in [0, 0.1) is 6.92 Å². The zero-order chi connectivity index (χ0) is 12.4. The largest absolute Gasteiger partial charge is 0.497 e. The summed E-state index contributed by atoms with van der Waals surface area (Å²) in [7, 11) is 1.62. The van der Waals surface area contributed by atoms with Crippen LogP contribution >= 0.6 is 0 Å². The molecule has 0 saturated heterocycles. The van der Waals surface area contributed by atoms with Gasteiger partial charge in [0, 0.05) is 29.2 Å². The molecule has 0 saturated carbocycles. The zero-order valence-corrected chi connectivity index (χ0v) is 9.90. The molecule has 0 fully saturated rings. The highest BCUT2D eigenvalue weighted by molar-refractivity contribution is 5.75. The molecule has 4 N–H and O–H groups in total. The van der Waals surface area contributed by atoms with E-state index in [0.717, 1.165) is 22.6 Å². The van der Waals surface area contributed by atoms with Gasteiger partial charge in [-0.2, -0.15) is 0 Å². The average Bonchev–Trinajstić information content (AvgIpc) is 2.34. The third kappa shape index (κ3) is 2.15. The molecule has 2 rings (SSSR count). The molecule has 1 aromatic carbocycles. The second-order valence-electron chi connectivity index (χ2n) is 3.86. The Labute approximate surface area is 100 Å². The van der Waals surface area contributed by atoms with Crippen LogP contribution in [0.5, 0.6) is 5.75 Å². The van der Waals surface area contributed by atoms with E-state index in [1.165, 1.54) is 0 Å².